The minimum Gasteiger partial charge on any atom is -0.504 e. The number of nitro benzene ring substituents is 1. The molecule has 25 heavy (non-hydrogen) atoms. The molecule has 136 valence electrons. The predicted molar refractivity (Wildman–Crippen MR) is 96.4 cm³/mol. The van der Waals surface area contributed by atoms with Crippen LogP contribution >= 0.6 is 0 Å². The van der Waals surface area contributed by atoms with Gasteiger partial charge in [-0.15, -0.1) is 0 Å². The van der Waals surface area contributed by atoms with E-state index in [9.17, 15) is 20.0 Å². The number of benzene rings is 1. The molecule has 0 amide bonds. The highest BCUT2D eigenvalue weighted by atomic mass is 16.6. The van der Waals surface area contributed by atoms with Crippen molar-refractivity contribution in [2.45, 2.75) is 45.4 Å². The summed E-state index contributed by atoms with van der Waals surface area (Å²) in [5.74, 6) is -0.489. The highest BCUT2D eigenvalue weighted by molar-refractivity contribution is 5.93. The average molecular weight is 348 g/mol. The minimum atomic E-state index is -0.578. The summed E-state index contributed by atoms with van der Waals surface area (Å²) in [7, 11) is 1.44. The monoisotopic (exact) mass is 348 g/mol. The molecule has 0 aliphatic rings. The van der Waals surface area contributed by atoms with Crippen molar-refractivity contribution in [1.29, 1.82) is 0 Å². The number of non-ortho nitro benzene ring substituents is 1. The lowest BCUT2D eigenvalue weighted by atomic mass is 10.1. The van der Waals surface area contributed by atoms with Crippen LogP contribution in [0.2, 0.25) is 0 Å². The number of unbranched alkanes of at least 4 members (excludes halogenated alkanes) is 5. The van der Waals surface area contributed by atoms with E-state index < -0.39 is 10.5 Å². The first-order valence-electron chi connectivity index (χ1n) is 8.60. The first kappa shape index (κ1) is 18.8. The maximum absolute atomic E-state index is 12.4. The molecule has 0 fully saturated rings. The number of ether oxygens (including phenoxy) is 1. The van der Waals surface area contributed by atoms with Gasteiger partial charge in [0, 0.05) is 13.1 Å². The summed E-state index contributed by atoms with van der Waals surface area (Å²) in [6, 6.07) is 4.31. The van der Waals surface area contributed by atoms with Crippen LogP contribution in [-0.4, -0.2) is 21.2 Å². The van der Waals surface area contributed by atoms with E-state index >= 15 is 0 Å². The van der Waals surface area contributed by atoms with Crippen LogP contribution in [0, 0.1) is 10.1 Å². The lowest BCUT2D eigenvalue weighted by Gasteiger charge is -2.12. The molecule has 2 aromatic rings. The van der Waals surface area contributed by atoms with Crippen LogP contribution in [0.1, 0.15) is 45.4 Å². The Morgan fingerprint density at radius 2 is 1.88 bits per heavy atom. The summed E-state index contributed by atoms with van der Waals surface area (Å²) < 4.78 is 6.67. The molecule has 7 nitrogen and oxygen atoms in total. The Bertz CT molecular complexity index is 813. The normalized spacial score (nSPS) is 11.0. The lowest BCUT2D eigenvalue weighted by molar-refractivity contribution is -0.383. The van der Waals surface area contributed by atoms with E-state index in [2.05, 4.69) is 6.92 Å². The summed E-state index contributed by atoms with van der Waals surface area (Å²) >= 11 is 0. The zero-order chi connectivity index (χ0) is 18.4. The molecule has 1 aromatic heterocycles. The topological polar surface area (TPSA) is 94.6 Å². The first-order valence-corrected chi connectivity index (χ1v) is 8.60. The fraction of sp³-hybridized carbons (Fsp3) is 0.500. The summed E-state index contributed by atoms with van der Waals surface area (Å²) in [5, 5.41) is 21.8. The van der Waals surface area contributed by atoms with E-state index in [1.165, 1.54) is 44.5 Å². The molecule has 0 radical (unpaired) electrons. The maximum Gasteiger partial charge on any atom is 0.297 e. The van der Waals surface area contributed by atoms with Crippen molar-refractivity contribution in [2.24, 2.45) is 7.05 Å². The SMILES string of the molecule is CCCCCCCCOc1c(O)c2cccc([N+](=O)[O-])c2n(C)c1=O. The van der Waals surface area contributed by atoms with Gasteiger partial charge in [0.25, 0.3) is 11.2 Å². The Labute approximate surface area is 146 Å². The molecule has 0 saturated heterocycles. The third-order valence-corrected chi connectivity index (χ3v) is 4.26. The number of aryl methyl sites for hydroxylation is 1. The quantitative estimate of drug-likeness (QED) is 0.421. The molecule has 2 rings (SSSR count). The molecule has 0 aliphatic carbocycles. The molecule has 0 bridgehead atoms. The first-order chi connectivity index (χ1) is 12.0. The lowest BCUT2D eigenvalue weighted by Crippen LogP contribution is -2.21. The zero-order valence-electron chi connectivity index (χ0n) is 14.7. The molecule has 0 saturated carbocycles. The predicted octanol–water partition coefficient (Wildman–Crippen LogP) is 3.89. The van der Waals surface area contributed by atoms with Gasteiger partial charge in [0.05, 0.1) is 16.9 Å². The molecule has 0 spiro atoms. The van der Waals surface area contributed by atoms with Crippen molar-refractivity contribution in [3.63, 3.8) is 0 Å². The van der Waals surface area contributed by atoms with Crippen LogP contribution in [-0.2, 0) is 7.05 Å². The number of hydrogen-bond donors (Lipinski definition) is 1. The van der Waals surface area contributed by atoms with Crippen LogP contribution in [0.5, 0.6) is 11.5 Å². The highest BCUT2D eigenvalue weighted by Gasteiger charge is 2.22. The summed E-state index contributed by atoms with van der Waals surface area (Å²) in [6.07, 6.45) is 6.49. The van der Waals surface area contributed by atoms with Crippen molar-refractivity contribution in [2.75, 3.05) is 6.61 Å². The van der Waals surface area contributed by atoms with Crippen LogP contribution in [0.3, 0.4) is 0 Å². The van der Waals surface area contributed by atoms with Gasteiger partial charge in [0.1, 0.15) is 5.52 Å². The number of para-hydroxylation sites is 1. The second kappa shape index (κ2) is 8.50. The second-order valence-electron chi connectivity index (χ2n) is 6.09. The van der Waals surface area contributed by atoms with Crippen molar-refractivity contribution in [3.05, 3.63) is 38.7 Å². The number of rotatable bonds is 9. The van der Waals surface area contributed by atoms with Gasteiger partial charge in [-0.05, 0) is 12.5 Å². The van der Waals surface area contributed by atoms with Crippen molar-refractivity contribution >= 4 is 16.6 Å². The fourth-order valence-corrected chi connectivity index (χ4v) is 2.89. The van der Waals surface area contributed by atoms with E-state index in [1.54, 1.807) is 0 Å². The Morgan fingerprint density at radius 1 is 1.20 bits per heavy atom. The molecule has 7 heteroatoms. The minimum absolute atomic E-state index is 0.0851. The summed E-state index contributed by atoms with van der Waals surface area (Å²) in [5.41, 5.74) is -0.720. The van der Waals surface area contributed by atoms with Gasteiger partial charge in [-0.25, -0.2) is 0 Å². The van der Waals surface area contributed by atoms with Gasteiger partial charge in [0.2, 0.25) is 5.75 Å². The van der Waals surface area contributed by atoms with Gasteiger partial charge < -0.3 is 14.4 Å². The number of pyridine rings is 1. The molecule has 0 aliphatic heterocycles. The smallest absolute Gasteiger partial charge is 0.297 e. The van der Waals surface area contributed by atoms with E-state index in [4.69, 9.17) is 4.74 Å². The number of aromatic nitrogens is 1. The number of nitro groups is 1. The Balaban J connectivity index is 2.22. The fourth-order valence-electron chi connectivity index (χ4n) is 2.89. The third-order valence-electron chi connectivity index (χ3n) is 4.26. The second-order valence-corrected chi connectivity index (χ2v) is 6.09. The molecular weight excluding hydrogens is 324 g/mol. The van der Waals surface area contributed by atoms with Crippen LogP contribution in [0.25, 0.3) is 10.9 Å². The zero-order valence-corrected chi connectivity index (χ0v) is 14.7. The Kier molecular flexibility index (Phi) is 6.38. The maximum atomic E-state index is 12.4. The number of hydrogen-bond acceptors (Lipinski definition) is 5. The molecular formula is C18H24N2O5. The van der Waals surface area contributed by atoms with Gasteiger partial charge in [-0.3, -0.25) is 14.9 Å². The largest absolute Gasteiger partial charge is 0.504 e. The summed E-state index contributed by atoms with van der Waals surface area (Å²) in [4.78, 5) is 23.0. The Hall–Kier alpha value is -2.57. The van der Waals surface area contributed by atoms with Crippen LogP contribution < -0.4 is 10.3 Å². The van der Waals surface area contributed by atoms with E-state index in [1.807, 2.05) is 0 Å². The average Bonchev–Trinajstić information content (AvgIpc) is 2.60. The van der Waals surface area contributed by atoms with Crippen molar-refractivity contribution in [3.8, 4) is 11.5 Å². The van der Waals surface area contributed by atoms with Gasteiger partial charge in [-0.2, -0.15) is 0 Å². The number of aromatic hydroxyl groups is 1. The van der Waals surface area contributed by atoms with Crippen LogP contribution in [0.4, 0.5) is 5.69 Å². The van der Waals surface area contributed by atoms with Gasteiger partial charge in [0.15, 0.2) is 5.75 Å². The number of nitrogens with zero attached hydrogens (tertiary/aromatic N) is 2. The van der Waals surface area contributed by atoms with Crippen molar-refractivity contribution in [1.82, 2.24) is 4.57 Å². The standard InChI is InChI=1S/C18H24N2O5/c1-3-4-5-6-7-8-12-25-17-16(21)13-10-9-11-14(20(23)24)15(13)19(2)18(17)22/h9-11,21H,3-8,12H2,1-2H3. The molecule has 1 N–H and O–H groups in total. The van der Waals surface area contributed by atoms with Crippen LogP contribution in [0.15, 0.2) is 23.0 Å². The van der Waals surface area contributed by atoms with E-state index in [0.29, 0.717) is 6.61 Å². The molecule has 1 heterocycles. The number of fused-ring (bicyclic) bond motifs is 1. The third kappa shape index (κ3) is 4.10. The highest BCUT2D eigenvalue weighted by Crippen LogP contribution is 2.35. The van der Waals surface area contributed by atoms with E-state index in [0.717, 1.165) is 23.8 Å². The Morgan fingerprint density at radius 3 is 2.56 bits per heavy atom. The van der Waals surface area contributed by atoms with Crippen molar-refractivity contribution < 1.29 is 14.8 Å². The van der Waals surface area contributed by atoms with E-state index in [-0.39, 0.29) is 28.1 Å². The summed E-state index contributed by atoms with van der Waals surface area (Å²) in [6.45, 7) is 2.49. The van der Waals surface area contributed by atoms with Gasteiger partial charge in [-0.1, -0.05) is 45.1 Å². The molecule has 0 atom stereocenters. The van der Waals surface area contributed by atoms with Gasteiger partial charge >= 0.3 is 0 Å². The molecule has 1 aromatic carbocycles. The molecule has 0 unspecified atom stereocenters.